The van der Waals surface area contributed by atoms with Crippen molar-refractivity contribution < 1.29 is 9.53 Å². The van der Waals surface area contributed by atoms with Gasteiger partial charge in [-0.3, -0.25) is 4.79 Å². The van der Waals surface area contributed by atoms with Gasteiger partial charge in [-0.05, 0) is 42.3 Å². The minimum atomic E-state index is -0.168. The maximum Gasteiger partial charge on any atom is 0.244 e. The monoisotopic (exact) mass is 316 g/mol. The molecule has 0 aromatic heterocycles. The molecule has 4 nitrogen and oxygen atoms in total. The minimum absolute atomic E-state index is 0.168. The molecular weight excluding hydrogens is 300 g/mol. The Morgan fingerprint density at radius 2 is 1.77 bits per heavy atom. The van der Waals surface area contributed by atoms with Gasteiger partial charge >= 0.3 is 0 Å². The third-order valence-corrected chi connectivity index (χ3v) is 3.39. The lowest BCUT2D eigenvalue weighted by Gasteiger charge is -2.04. The van der Waals surface area contributed by atoms with Gasteiger partial charge in [-0.1, -0.05) is 35.9 Å². The van der Waals surface area contributed by atoms with Crippen LogP contribution in [-0.2, 0) is 11.2 Å². The van der Waals surface area contributed by atoms with Crippen LogP contribution >= 0.6 is 11.6 Å². The number of ether oxygens (including phenoxy) is 1. The van der Waals surface area contributed by atoms with Crippen molar-refractivity contribution in [3.8, 4) is 5.75 Å². The van der Waals surface area contributed by atoms with Crippen molar-refractivity contribution in [1.82, 2.24) is 5.43 Å². The molecule has 0 radical (unpaired) electrons. The van der Waals surface area contributed by atoms with Gasteiger partial charge in [0.25, 0.3) is 0 Å². The third kappa shape index (κ3) is 4.60. The average molecular weight is 317 g/mol. The van der Waals surface area contributed by atoms with E-state index >= 15 is 0 Å². The van der Waals surface area contributed by atoms with Crippen molar-refractivity contribution in [2.45, 2.75) is 13.3 Å². The molecule has 1 amide bonds. The molecule has 0 aliphatic rings. The third-order valence-electron chi connectivity index (χ3n) is 3.13. The highest BCUT2D eigenvalue weighted by Gasteiger charge is 2.04. The number of halogens is 1. The Balaban J connectivity index is 1.93. The molecule has 0 aliphatic heterocycles. The van der Waals surface area contributed by atoms with Crippen LogP contribution < -0.4 is 10.2 Å². The summed E-state index contributed by atoms with van der Waals surface area (Å²) in [5.74, 6) is 0.597. The number of benzene rings is 2. The summed E-state index contributed by atoms with van der Waals surface area (Å²) < 4.78 is 5.08. The largest absolute Gasteiger partial charge is 0.497 e. The first-order valence-corrected chi connectivity index (χ1v) is 7.18. The van der Waals surface area contributed by atoms with E-state index in [-0.39, 0.29) is 12.3 Å². The highest BCUT2D eigenvalue weighted by atomic mass is 35.5. The first-order valence-electron chi connectivity index (χ1n) is 6.80. The molecule has 0 fully saturated rings. The van der Waals surface area contributed by atoms with E-state index in [0.717, 1.165) is 22.6 Å². The topological polar surface area (TPSA) is 50.7 Å². The minimum Gasteiger partial charge on any atom is -0.497 e. The molecular formula is C17H17ClN2O2. The zero-order valence-electron chi connectivity index (χ0n) is 12.5. The van der Waals surface area contributed by atoms with E-state index in [1.807, 2.05) is 43.3 Å². The molecule has 0 atom stereocenters. The Hall–Kier alpha value is -2.33. The molecule has 0 saturated carbocycles. The molecule has 114 valence electrons. The van der Waals surface area contributed by atoms with Gasteiger partial charge in [0.2, 0.25) is 5.91 Å². The van der Waals surface area contributed by atoms with Crippen molar-refractivity contribution in [3.05, 3.63) is 64.7 Å². The summed E-state index contributed by atoms with van der Waals surface area (Å²) in [7, 11) is 1.61. The number of amides is 1. The Morgan fingerprint density at radius 3 is 2.36 bits per heavy atom. The summed E-state index contributed by atoms with van der Waals surface area (Å²) in [6.07, 6.45) is 0.265. The molecule has 0 bridgehead atoms. The Labute approximate surface area is 134 Å². The number of methoxy groups -OCH3 is 1. The normalized spacial score (nSPS) is 11.1. The van der Waals surface area contributed by atoms with Gasteiger partial charge < -0.3 is 4.74 Å². The fourth-order valence-corrected chi connectivity index (χ4v) is 2.00. The lowest BCUT2D eigenvalue weighted by Crippen LogP contribution is -2.21. The van der Waals surface area contributed by atoms with Crippen LogP contribution in [0.3, 0.4) is 0 Å². The van der Waals surface area contributed by atoms with Crippen molar-refractivity contribution >= 4 is 23.2 Å². The first-order chi connectivity index (χ1) is 10.6. The van der Waals surface area contributed by atoms with Gasteiger partial charge in [-0.25, -0.2) is 5.43 Å². The van der Waals surface area contributed by atoms with E-state index in [2.05, 4.69) is 10.5 Å². The second-order valence-electron chi connectivity index (χ2n) is 4.76. The maximum atomic E-state index is 11.9. The van der Waals surface area contributed by atoms with E-state index in [1.165, 1.54) is 0 Å². The summed E-state index contributed by atoms with van der Waals surface area (Å²) in [6.45, 7) is 1.83. The van der Waals surface area contributed by atoms with Gasteiger partial charge in [-0.15, -0.1) is 0 Å². The highest BCUT2D eigenvalue weighted by molar-refractivity contribution is 6.30. The van der Waals surface area contributed by atoms with Crippen molar-refractivity contribution in [2.75, 3.05) is 7.11 Å². The standard InChI is InChI=1S/C17H17ClN2O2/c1-12(14-5-7-15(18)8-6-14)19-20-17(21)11-13-3-9-16(22-2)10-4-13/h3-10H,11H2,1-2H3,(H,20,21)/b19-12-. The zero-order valence-corrected chi connectivity index (χ0v) is 13.2. The Kier molecular flexibility index (Phi) is 5.55. The Morgan fingerprint density at radius 1 is 1.14 bits per heavy atom. The van der Waals surface area contributed by atoms with Crippen molar-refractivity contribution in [2.24, 2.45) is 5.10 Å². The van der Waals surface area contributed by atoms with Crippen LogP contribution in [-0.4, -0.2) is 18.7 Å². The number of rotatable bonds is 5. The molecule has 0 aliphatic carbocycles. The highest BCUT2D eigenvalue weighted by Crippen LogP contribution is 2.12. The fourth-order valence-electron chi connectivity index (χ4n) is 1.87. The van der Waals surface area contributed by atoms with Crippen molar-refractivity contribution in [1.29, 1.82) is 0 Å². The van der Waals surface area contributed by atoms with Crippen LogP contribution in [0, 0.1) is 0 Å². The lowest BCUT2D eigenvalue weighted by molar-refractivity contribution is -0.120. The van der Waals surface area contributed by atoms with Crippen LogP contribution in [0.4, 0.5) is 0 Å². The van der Waals surface area contributed by atoms with E-state index < -0.39 is 0 Å². The number of hydrazone groups is 1. The molecule has 5 heteroatoms. The second-order valence-corrected chi connectivity index (χ2v) is 5.20. The first kappa shape index (κ1) is 16.0. The van der Waals surface area contributed by atoms with Gasteiger partial charge in [0.05, 0.1) is 19.2 Å². The second kappa shape index (κ2) is 7.61. The van der Waals surface area contributed by atoms with Crippen LogP contribution in [0.2, 0.25) is 5.02 Å². The van der Waals surface area contributed by atoms with Crippen molar-refractivity contribution in [3.63, 3.8) is 0 Å². The molecule has 0 unspecified atom stereocenters. The summed E-state index contributed by atoms with van der Waals surface area (Å²) in [4.78, 5) is 11.9. The molecule has 22 heavy (non-hydrogen) atoms. The zero-order chi connectivity index (χ0) is 15.9. The summed E-state index contributed by atoms with van der Waals surface area (Å²) in [5.41, 5.74) is 5.09. The average Bonchev–Trinajstić information content (AvgIpc) is 2.54. The maximum absolute atomic E-state index is 11.9. The van der Waals surface area contributed by atoms with Gasteiger partial charge in [0.15, 0.2) is 0 Å². The number of nitrogens with one attached hydrogen (secondary N) is 1. The van der Waals surface area contributed by atoms with Crippen LogP contribution in [0.5, 0.6) is 5.75 Å². The quantitative estimate of drug-likeness (QED) is 0.678. The molecule has 1 N–H and O–H groups in total. The molecule has 0 saturated heterocycles. The predicted octanol–water partition coefficient (Wildman–Crippen LogP) is 3.43. The fraction of sp³-hybridized carbons (Fsp3) is 0.176. The number of carbonyl (C=O) groups is 1. The number of hydrogen-bond donors (Lipinski definition) is 1. The predicted molar refractivity (Wildman–Crippen MR) is 88.5 cm³/mol. The number of hydrogen-bond acceptors (Lipinski definition) is 3. The van der Waals surface area contributed by atoms with E-state index in [1.54, 1.807) is 19.2 Å². The number of nitrogens with zero attached hydrogens (tertiary/aromatic N) is 1. The molecule has 0 heterocycles. The summed E-state index contributed by atoms with van der Waals surface area (Å²) >= 11 is 5.84. The van der Waals surface area contributed by atoms with Gasteiger partial charge in [0.1, 0.15) is 5.75 Å². The van der Waals surface area contributed by atoms with Crippen LogP contribution in [0.15, 0.2) is 53.6 Å². The SMILES string of the molecule is COc1ccc(CC(=O)N/N=C(/C)c2ccc(Cl)cc2)cc1. The molecule has 2 aromatic rings. The van der Waals surface area contributed by atoms with E-state index in [4.69, 9.17) is 16.3 Å². The Bertz CT molecular complexity index is 664. The molecule has 2 aromatic carbocycles. The lowest BCUT2D eigenvalue weighted by atomic mass is 10.1. The van der Waals surface area contributed by atoms with E-state index in [9.17, 15) is 4.79 Å². The summed E-state index contributed by atoms with van der Waals surface area (Å²) in [5, 5.41) is 4.77. The molecule has 0 spiro atoms. The van der Waals surface area contributed by atoms with Gasteiger partial charge in [-0.2, -0.15) is 5.10 Å². The van der Waals surface area contributed by atoms with E-state index in [0.29, 0.717) is 5.02 Å². The number of carbonyl (C=O) groups excluding carboxylic acids is 1. The van der Waals surface area contributed by atoms with Crippen LogP contribution in [0.1, 0.15) is 18.1 Å². The smallest absolute Gasteiger partial charge is 0.244 e. The van der Waals surface area contributed by atoms with Crippen LogP contribution in [0.25, 0.3) is 0 Å². The summed E-state index contributed by atoms with van der Waals surface area (Å²) in [6, 6.07) is 14.6. The molecule has 2 rings (SSSR count). The van der Waals surface area contributed by atoms with Gasteiger partial charge in [0, 0.05) is 5.02 Å².